The Morgan fingerprint density at radius 3 is 2.69 bits per heavy atom. The molecule has 0 fully saturated rings. The Kier molecular flexibility index (Phi) is 8.30. The van der Waals surface area contributed by atoms with Crippen molar-refractivity contribution in [3.63, 3.8) is 0 Å². The topological polar surface area (TPSA) is 93.2 Å². The predicted octanol–water partition coefficient (Wildman–Crippen LogP) is 4.21. The Hall–Kier alpha value is -2.30. The molecule has 2 rings (SSSR count). The quantitative estimate of drug-likeness (QED) is 0.387. The Balaban J connectivity index is 1.97. The summed E-state index contributed by atoms with van der Waals surface area (Å²) in [7, 11) is 0. The van der Waals surface area contributed by atoms with Gasteiger partial charge in [0, 0.05) is 30.4 Å². The molecule has 2 aromatic heterocycles. The standard InChI is InChI=1S/C20H24FIN4O3/c1-4-5-17(27)26-16-10-14(8-9-23-16)19(28)25-13(2)15-6-7-18(24-11-15)29-12-20(3,21)22/h6-11,13H,4-5,12H2,1-3H3,(H,25,28)(H,23,26,27). The molecule has 0 aromatic carbocycles. The zero-order valence-corrected chi connectivity index (χ0v) is 18.7. The number of alkyl halides is 2. The molecule has 0 aliphatic carbocycles. The van der Waals surface area contributed by atoms with Gasteiger partial charge in [0.1, 0.15) is 12.4 Å². The van der Waals surface area contributed by atoms with Crippen LogP contribution in [0.1, 0.15) is 55.6 Å². The van der Waals surface area contributed by atoms with Gasteiger partial charge >= 0.3 is 0 Å². The van der Waals surface area contributed by atoms with E-state index in [-0.39, 0.29) is 24.5 Å². The molecule has 0 radical (unpaired) electrons. The molecule has 0 aliphatic heterocycles. The summed E-state index contributed by atoms with van der Waals surface area (Å²) in [6.07, 6.45) is 4.17. The lowest BCUT2D eigenvalue weighted by molar-refractivity contribution is -0.116. The minimum absolute atomic E-state index is 0.106. The van der Waals surface area contributed by atoms with Crippen molar-refractivity contribution in [2.75, 3.05) is 11.9 Å². The maximum Gasteiger partial charge on any atom is 0.251 e. The largest absolute Gasteiger partial charge is 0.473 e. The van der Waals surface area contributed by atoms with Crippen molar-refractivity contribution in [3.8, 4) is 5.88 Å². The summed E-state index contributed by atoms with van der Waals surface area (Å²) in [5.74, 6) is 0.204. The number of pyridine rings is 2. The SMILES string of the molecule is CCCC(=O)Nc1cc(C(=O)NC(C)c2ccc(OCC(C)(F)I)nc2)ccn1. The van der Waals surface area contributed by atoms with Crippen LogP contribution in [0.25, 0.3) is 0 Å². The van der Waals surface area contributed by atoms with Gasteiger partial charge in [-0.3, -0.25) is 9.59 Å². The number of anilines is 1. The van der Waals surface area contributed by atoms with Crippen molar-refractivity contribution in [1.29, 1.82) is 0 Å². The first-order valence-corrected chi connectivity index (χ1v) is 10.3. The molecule has 0 saturated carbocycles. The molecule has 2 atom stereocenters. The summed E-state index contributed by atoms with van der Waals surface area (Å²) >= 11 is 1.66. The van der Waals surface area contributed by atoms with Crippen LogP contribution >= 0.6 is 22.6 Å². The van der Waals surface area contributed by atoms with Gasteiger partial charge in [-0.15, -0.1) is 0 Å². The molecule has 0 bridgehead atoms. The maximum absolute atomic E-state index is 13.5. The van der Waals surface area contributed by atoms with Gasteiger partial charge in [-0.25, -0.2) is 14.4 Å². The summed E-state index contributed by atoms with van der Waals surface area (Å²) in [6.45, 7) is 5.04. The Labute approximate surface area is 183 Å². The highest BCUT2D eigenvalue weighted by Gasteiger charge is 2.19. The van der Waals surface area contributed by atoms with E-state index in [1.807, 2.05) is 13.8 Å². The second-order valence-electron chi connectivity index (χ2n) is 6.71. The summed E-state index contributed by atoms with van der Waals surface area (Å²) < 4.78 is 17.3. The average Bonchev–Trinajstić information content (AvgIpc) is 2.66. The van der Waals surface area contributed by atoms with E-state index in [4.69, 9.17) is 4.74 Å². The Morgan fingerprint density at radius 2 is 2.07 bits per heavy atom. The van der Waals surface area contributed by atoms with Crippen LogP contribution in [0.15, 0.2) is 36.7 Å². The van der Waals surface area contributed by atoms with Gasteiger partial charge in [0.25, 0.3) is 5.91 Å². The van der Waals surface area contributed by atoms with E-state index >= 15 is 0 Å². The van der Waals surface area contributed by atoms with Crippen molar-refractivity contribution in [2.24, 2.45) is 0 Å². The van der Waals surface area contributed by atoms with Crippen LogP contribution in [-0.4, -0.2) is 32.1 Å². The molecule has 156 valence electrons. The third-order valence-electron chi connectivity index (χ3n) is 3.85. The van der Waals surface area contributed by atoms with Crippen LogP contribution in [0.5, 0.6) is 5.88 Å². The highest BCUT2D eigenvalue weighted by molar-refractivity contribution is 14.1. The molecule has 2 N–H and O–H groups in total. The number of carbonyl (C=O) groups excluding carboxylic acids is 2. The lowest BCUT2D eigenvalue weighted by Gasteiger charge is -2.16. The molecule has 0 saturated heterocycles. The van der Waals surface area contributed by atoms with Crippen LogP contribution in [0.3, 0.4) is 0 Å². The van der Waals surface area contributed by atoms with Crippen molar-refractivity contribution in [3.05, 3.63) is 47.8 Å². The number of amides is 2. The molecule has 2 amide bonds. The first kappa shape index (κ1) is 23.0. The monoisotopic (exact) mass is 514 g/mol. The van der Waals surface area contributed by atoms with E-state index in [0.29, 0.717) is 23.7 Å². The third kappa shape index (κ3) is 7.92. The number of aromatic nitrogens is 2. The first-order chi connectivity index (χ1) is 13.7. The van der Waals surface area contributed by atoms with E-state index < -0.39 is 3.68 Å². The molecule has 9 heteroatoms. The van der Waals surface area contributed by atoms with Gasteiger partial charge in [-0.05, 0) is 60.6 Å². The highest BCUT2D eigenvalue weighted by atomic mass is 127. The van der Waals surface area contributed by atoms with Crippen LogP contribution in [0, 0.1) is 0 Å². The molecule has 29 heavy (non-hydrogen) atoms. The number of halogens is 2. The first-order valence-electron chi connectivity index (χ1n) is 9.21. The van der Waals surface area contributed by atoms with E-state index in [1.54, 1.807) is 47.0 Å². The van der Waals surface area contributed by atoms with Gasteiger partial charge in [-0.2, -0.15) is 0 Å². The zero-order chi connectivity index (χ0) is 21.4. The number of nitrogens with one attached hydrogen (secondary N) is 2. The van der Waals surface area contributed by atoms with Crippen LogP contribution in [-0.2, 0) is 4.79 Å². The number of hydrogen-bond donors (Lipinski definition) is 2. The zero-order valence-electron chi connectivity index (χ0n) is 16.5. The lowest BCUT2D eigenvalue weighted by atomic mass is 10.1. The second kappa shape index (κ2) is 10.5. The molecule has 7 nitrogen and oxygen atoms in total. The highest BCUT2D eigenvalue weighted by Crippen LogP contribution is 2.21. The van der Waals surface area contributed by atoms with Gasteiger partial charge in [-0.1, -0.05) is 13.0 Å². The van der Waals surface area contributed by atoms with Gasteiger partial charge in [0.2, 0.25) is 11.8 Å². The maximum atomic E-state index is 13.5. The van der Waals surface area contributed by atoms with Crippen molar-refractivity contribution in [1.82, 2.24) is 15.3 Å². The third-order valence-corrected chi connectivity index (χ3v) is 4.16. The summed E-state index contributed by atoms with van der Waals surface area (Å²) in [5.41, 5.74) is 1.16. The minimum atomic E-state index is -1.47. The minimum Gasteiger partial charge on any atom is -0.473 e. The van der Waals surface area contributed by atoms with E-state index in [2.05, 4.69) is 20.6 Å². The van der Waals surface area contributed by atoms with Gasteiger partial charge in [0.15, 0.2) is 3.68 Å². The normalized spacial score (nSPS) is 13.8. The number of rotatable bonds is 9. The van der Waals surface area contributed by atoms with Crippen molar-refractivity contribution < 1.29 is 18.7 Å². The van der Waals surface area contributed by atoms with Crippen LogP contribution in [0.4, 0.5) is 10.2 Å². The summed E-state index contributed by atoms with van der Waals surface area (Å²) in [5, 5.41) is 5.54. The van der Waals surface area contributed by atoms with Crippen LogP contribution in [0.2, 0.25) is 0 Å². The molecule has 2 heterocycles. The summed E-state index contributed by atoms with van der Waals surface area (Å²) in [6, 6.07) is 6.19. The fourth-order valence-electron chi connectivity index (χ4n) is 2.37. The van der Waals surface area contributed by atoms with E-state index in [0.717, 1.165) is 12.0 Å². The van der Waals surface area contributed by atoms with Crippen LogP contribution < -0.4 is 15.4 Å². The van der Waals surface area contributed by atoms with E-state index in [9.17, 15) is 14.0 Å². The Morgan fingerprint density at radius 1 is 1.31 bits per heavy atom. The second-order valence-corrected chi connectivity index (χ2v) is 8.96. The molecule has 0 aliphatic rings. The molecular formula is C20H24FIN4O3. The average molecular weight is 514 g/mol. The molecule has 0 spiro atoms. The lowest BCUT2D eigenvalue weighted by Crippen LogP contribution is -2.27. The number of hydrogen-bond acceptors (Lipinski definition) is 5. The van der Waals surface area contributed by atoms with E-state index in [1.165, 1.54) is 19.2 Å². The number of ether oxygens (including phenoxy) is 1. The number of nitrogens with zero attached hydrogens (tertiary/aromatic N) is 2. The predicted molar refractivity (Wildman–Crippen MR) is 117 cm³/mol. The molecular weight excluding hydrogens is 490 g/mol. The van der Waals surface area contributed by atoms with Crippen molar-refractivity contribution >= 4 is 40.2 Å². The number of carbonyl (C=O) groups is 2. The van der Waals surface area contributed by atoms with Gasteiger partial charge in [0.05, 0.1) is 6.04 Å². The summed E-state index contributed by atoms with van der Waals surface area (Å²) in [4.78, 5) is 32.4. The smallest absolute Gasteiger partial charge is 0.251 e. The molecule has 2 unspecified atom stereocenters. The van der Waals surface area contributed by atoms with Gasteiger partial charge < -0.3 is 15.4 Å². The Bertz CT molecular complexity index is 840. The fraction of sp³-hybridized carbons (Fsp3) is 0.400. The molecule has 2 aromatic rings. The van der Waals surface area contributed by atoms with Crippen molar-refractivity contribution in [2.45, 2.75) is 43.3 Å². The fourth-order valence-corrected chi connectivity index (χ4v) is 2.53.